The molecule has 1 aliphatic heterocycles. The second kappa shape index (κ2) is 5.59. The third kappa shape index (κ3) is 2.76. The molecule has 18 heavy (non-hydrogen) atoms. The van der Waals surface area contributed by atoms with Crippen molar-refractivity contribution in [1.29, 1.82) is 0 Å². The standard InChI is InChI=1S/C14H21NO3/c1-10-6-13(17-2)14(18-3)7-11(10)8-15-5-4-12(16)9-15/h6-7,12,16H,4-5,8-9H2,1-3H3/t12-/m0/s1. The lowest BCUT2D eigenvalue weighted by Crippen LogP contribution is -2.22. The Bertz CT molecular complexity index is 420. The number of benzene rings is 1. The van der Waals surface area contributed by atoms with Gasteiger partial charge < -0.3 is 14.6 Å². The van der Waals surface area contributed by atoms with Crippen molar-refractivity contribution in [2.45, 2.75) is 26.0 Å². The topological polar surface area (TPSA) is 41.9 Å². The fourth-order valence-corrected chi connectivity index (χ4v) is 2.39. The minimum Gasteiger partial charge on any atom is -0.493 e. The maximum absolute atomic E-state index is 9.54. The Balaban J connectivity index is 2.17. The molecule has 1 heterocycles. The van der Waals surface area contributed by atoms with Crippen LogP contribution in [0.1, 0.15) is 17.5 Å². The van der Waals surface area contributed by atoms with Crippen LogP contribution in [0.4, 0.5) is 0 Å². The molecule has 1 aromatic rings. The number of β-amino-alcohol motifs (C(OH)–C–C–N with tert-alkyl or cyclic N) is 1. The number of likely N-dealkylation sites (tertiary alicyclic amines) is 1. The van der Waals surface area contributed by atoms with Gasteiger partial charge in [0.2, 0.25) is 0 Å². The Labute approximate surface area is 108 Å². The van der Waals surface area contributed by atoms with Gasteiger partial charge in [-0.05, 0) is 36.6 Å². The summed E-state index contributed by atoms with van der Waals surface area (Å²) in [6.07, 6.45) is 0.692. The monoisotopic (exact) mass is 251 g/mol. The molecule has 4 nitrogen and oxygen atoms in total. The summed E-state index contributed by atoms with van der Waals surface area (Å²) in [4.78, 5) is 2.26. The molecule has 0 amide bonds. The molecule has 100 valence electrons. The Morgan fingerprint density at radius 3 is 2.50 bits per heavy atom. The van der Waals surface area contributed by atoms with Crippen LogP contribution in [0.3, 0.4) is 0 Å². The van der Waals surface area contributed by atoms with Gasteiger partial charge in [-0.2, -0.15) is 0 Å². The number of aliphatic hydroxyl groups excluding tert-OH is 1. The molecule has 0 aromatic heterocycles. The average Bonchev–Trinajstić information content (AvgIpc) is 2.77. The first-order valence-electron chi connectivity index (χ1n) is 6.26. The van der Waals surface area contributed by atoms with E-state index in [0.29, 0.717) is 0 Å². The Morgan fingerprint density at radius 2 is 1.94 bits per heavy atom. The molecule has 2 rings (SSSR count). The van der Waals surface area contributed by atoms with E-state index in [1.807, 2.05) is 12.1 Å². The maximum atomic E-state index is 9.54. The van der Waals surface area contributed by atoms with Crippen LogP contribution in [0, 0.1) is 6.92 Å². The van der Waals surface area contributed by atoms with E-state index in [0.717, 1.165) is 37.6 Å². The van der Waals surface area contributed by atoms with E-state index >= 15 is 0 Å². The van der Waals surface area contributed by atoms with E-state index in [2.05, 4.69) is 11.8 Å². The lowest BCUT2D eigenvalue weighted by molar-refractivity contribution is 0.174. The summed E-state index contributed by atoms with van der Waals surface area (Å²) in [7, 11) is 3.30. The van der Waals surface area contributed by atoms with Gasteiger partial charge in [-0.15, -0.1) is 0 Å². The number of ether oxygens (including phenoxy) is 2. The predicted molar refractivity (Wildman–Crippen MR) is 70.2 cm³/mol. The van der Waals surface area contributed by atoms with E-state index in [4.69, 9.17) is 9.47 Å². The van der Waals surface area contributed by atoms with Gasteiger partial charge in [-0.25, -0.2) is 0 Å². The molecule has 1 N–H and O–H groups in total. The Morgan fingerprint density at radius 1 is 1.28 bits per heavy atom. The predicted octanol–water partition coefficient (Wildman–Crippen LogP) is 1.58. The molecule has 1 aliphatic rings. The van der Waals surface area contributed by atoms with Gasteiger partial charge in [0.15, 0.2) is 11.5 Å². The van der Waals surface area contributed by atoms with Gasteiger partial charge in [0.1, 0.15) is 0 Å². The molecule has 4 heteroatoms. The minimum absolute atomic E-state index is 0.176. The smallest absolute Gasteiger partial charge is 0.161 e. The van der Waals surface area contributed by atoms with Crippen LogP contribution in [0.25, 0.3) is 0 Å². The van der Waals surface area contributed by atoms with Gasteiger partial charge >= 0.3 is 0 Å². The van der Waals surface area contributed by atoms with Gasteiger partial charge in [0, 0.05) is 19.6 Å². The number of nitrogens with zero attached hydrogens (tertiary/aromatic N) is 1. The van der Waals surface area contributed by atoms with Crippen molar-refractivity contribution >= 4 is 0 Å². The lowest BCUT2D eigenvalue weighted by atomic mass is 10.1. The van der Waals surface area contributed by atoms with Crippen molar-refractivity contribution in [3.05, 3.63) is 23.3 Å². The lowest BCUT2D eigenvalue weighted by Gasteiger charge is -2.18. The zero-order valence-electron chi connectivity index (χ0n) is 11.3. The summed E-state index contributed by atoms with van der Waals surface area (Å²) in [5, 5.41) is 9.54. The summed E-state index contributed by atoms with van der Waals surface area (Å²) >= 11 is 0. The molecule has 0 bridgehead atoms. The zero-order chi connectivity index (χ0) is 13.1. The number of hydrogen-bond acceptors (Lipinski definition) is 4. The fraction of sp³-hybridized carbons (Fsp3) is 0.571. The number of methoxy groups -OCH3 is 2. The largest absolute Gasteiger partial charge is 0.493 e. The highest BCUT2D eigenvalue weighted by atomic mass is 16.5. The van der Waals surface area contributed by atoms with Crippen LogP contribution < -0.4 is 9.47 Å². The summed E-state index contributed by atoms with van der Waals surface area (Å²) in [5.74, 6) is 1.53. The van der Waals surface area contributed by atoms with E-state index in [1.165, 1.54) is 11.1 Å². The second-order valence-electron chi connectivity index (χ2n) is 4.81. The van der Waals surface area contributed by atoms with Crippen LogP contribution in [-0.2, 0) is 6.54 Å². The van der Waals surface area contributed by atoms with Crippen LogP contribution >= 0.6 is 0 Å². The van der Waals surface area contributed by atoms with Gasteiger partial charge in [0.25, 0.3) is 0 Å². The quantitative estimate of drug-likeness (QED) is 0.882. The van der Waals surface area contributed by atoms with E-state index in [1.54, 1.807) is 14.2 Å². The average molecular weight is 251 g/mol. The van der Waals surface area contributed by atoms with Gasteiger partial charge in [-0.3, -0.25) is 4.90 Å². The van der Waals surface area contributed by atoms with Crippen LogP contribution in [0.5, 0.6) is 11.5 Å². The second-order valence-corrected chi connectivity index (χ2v) is 4.81. The molecule has 1 atom stereocenters. The van der Waals surface area contributed by atoms with Crippen molar-refractivity contribution in [3.63, 3.8) is 0 Å². The van der Waals surface area contributed by atoms with Crippen LogP contribution in [0.2, 0.25) is 0 Å². The SMILES string of the molecule is COc1cc(C)c(CN2CC[C@H](O)C2)cc1OC. The Kier molecular flexibility index (Phi) is 4.09. The first kappa shape index (κ1) is 13.2. The third-order valence-electron chi connectivity index (χ3n) is 3.48. The van der Waals surface area contributed by atoms with Crippen molar-refractivity contribution in [1.82, 2.24) is 4.90 Å². The highest BCUT2D eigenvalue weighted by Crippen LogP contribution is 2.31. The van der Waals surface area contributed by atoms with Crippen molar-refractivity contribution in [2.24, 2.45) is 0 Å². The molecule has 1 saturated heterocycles. The number of hydrogen-bond donors (Lipinski definition) is 1. The summed E-state index contributed by atoms with van der Waals surface area (Å²) < 4.78 is 10.6. The molecule has 0 unspecified atom stereocenters. The van der Waals surface area contributed by atoms with Crippen molar-refractivity contribution in [3.8, 4) is 11.5 Å². The number of aliphatic hydroxyl groups is 1. The highest BCUT2D eigenvalue weighted by Gasteiger charge is 2.21. The van der Waals surface area contributed by atoms with Crippen LogP contribution in [0.15, 0.2) is 12.1 Å². The molecular weight excluding hydrogens is 230 g/mol. The zero-order valence-corrected chi connectivity index (χ0v) is 11.3. The molecule has 1 aromatic carbocycles. The molecule has 0 spiro atoms. The number of aryl methyl sites for hydroxylation is 1. The summed E-state index contributed by atoms with van der Waals surface area (Å²) in [6, 6.07) is 4.03. The van der Waals surface area contributed by atoms with E-state index in [-0.39, 0.29) is 6.10 Å². The highest BCUT2D eigenvalue weighted by molar-refractivity contribution is 5.47. The summed E-state index contributed by atoms with van der Waals surface area (Å²) in [6.45, 7) is 4.63. The van der Waals surface area contributed by atoms with Gasteiger partial charge in [0.05, 0.1) is 20.3 Å². The van der Waals surface area contributed by atoms with E-state index < -0.39 is 0 Å². The molecule has 0 saturated carbocycles. The van der Waals surface area contributed by atoms with Crippen LogP contribution in [-0.4, -0.2) is 43.4 Å². The van der Waals surface area contributed by atoms with E-state index in [9.17, 15) is 5.11 Å². The molecular formula is C14H21NO3. The Hall–Kier alpha value is -1.26. The maximum Gasteiger partial charge on any atom is 0.161 e. The van der Waals surface area contributed by atoms with Crippen molar-refractivity contribution in [2.75, 3.05) is 27.3 Å². The summed E-state index contributed by atoms with van der Waals surface area (Å²) in [5.41, 5.74) is 2.41. The van der Waals surface area contributed by atoms with Crippen molar-refractivity contribution < 1.29 is 14.6 Å². The minimum atomic E-state index is -0.176. The fourth-order valence-electron chi connectivity index (χ4n) is 2.39. The molecule has 1 fully saturated rings. The number of rotatable bonds is 4. The third-order valence-corrected chi connectivity index (χ3v) is 3.48. The first-order chi connectivity index (χ1) is 8.63. The molecule has 0 radical (unpaired) electrons. The first-order valence-corrected chi connectivity index (χ1v) is 6.26. The normalized spacial score (nSPS) is 20.1. The molecule has 0 aliphatic carbocycles. The van der Waals surface area contributed by atoms with Gasteiger partial charge in [-0.1, -0.05) is 0 Å².